The summed E-state index contributed by atoms with van der Waals surface area (Å²) in [5, 5.41) is 0. The van der Waals surface area contributed by atoms with Gasteiger partial charge in [-0.05, 0) is 65.2 Å². The van der Waals surface area contributed by atoms with E-state index in [-0.39, 0.29) is 12.4 Å². The molecule has 0 radical (unpaired) electrons. The van der Waals surface area contributed by atoms with E-state index in [0.29, 0.717) is 0 Å². The van der Waals surface area contributed by atoms with Crippen molar-refractivity contribution in [1.29, 1.82) is 0 Å². The third kappa shape index (κ3) is 3.43. The molecule has 0 N–H and O–H groups in total. The second-order valence-electron chi connectivity index (χ2n) is 8.18. The van der Waals surface area contributed by atoms with Crippen molar-refractivity contribution < 1.29 is 8.97 Å². The minimum Gasteiger partial charge on any atom is -0.312 e. The Morgan fingerprint density at radius 1 is 0.524 bits per heavy atom. The molecule has 2 nitrogen and oxygen atoms in total. The van der Waals surface area contributed by atoms with Crippen molar-refractivity contribution in [2.75, 3.05) is 39.3 Å². The van der Waals surface area contributed by atoms with Gasteiger partial charge in [0.05, 0.1) is 25.2 Å². The lowest BCUT2D eigenvalue weighted by Gasteiger charge is -2.53. The number of nitrogens with zero attached hydrogens (tertiary/aromatic N) is 2. The van der Waals surface area contributed by atoms with Crippen LogP contribution in [-0.4, -0.2) is 60.3 Å². The molecular weight excluding hydrogens is 280 g/mol. The van der Waals surface area contributed by atoms with Crippen LogP contribution in [-0.2, 0) is 0 Å². The molecule has 0 amide bonds. The summed E-state index contributed by atoms with van der Waals surface area (Å²) in [4.78, 5) is 0. The lowest BCUT2D eigenvalue weighted by molar-refractivity contribution is -1.05. The van der Waals surface area contributed by atoms with Gasteiger partial charge in [0.15, 0.2) is 0 Å². The first-order valence-electron chi connectivity index (χ1n) is 9.38. The summed E-state index contributed by atoms with van der Waals surface area (Å²) in [6.45, 7) is 14.0. The molecule has 3 fully saturated rings. The van der Waals surface area contributed by atoms with Gasteiger partial charge in [-0.2, -0.15) is 0 Å². The van der Waals surface area contributed by atoms with Crippen LogP contribution in [0.4, 0.5) is 0 Å². The Balaban J connectivity index is 0.00000161. The van der Waals surface area contributed by atoms with E-state index in [9.17, 15) is 0 Å². The second-order valence-corrected chi connectivity index (χ2v) is 8.18. The van der Waals surface area contributed by atoms with Gasteiger partial charge in [0, 0.05) is 0 Å². The average Bonchev–Trinajstić information content (AvgIpc) is 2.74. The summed E-state index contributed by atoms with van der Waals surface area (Å²) in [7, 11) is 0. The number of hydrogen-bond acceptors (Lipinski definition) is 0. The Morgan fingerprint density at radius 2 is 0.905 bits per heavy atom. The molecule has 2 unspecified atom stereocenters. The van der Waals surface area contributed by atoms with E-state index < -0.39 is 0 Å². The smallest absolute Gasteiger partial charge is 0.129 e. The van der Waals surface area contributed by atoms with Crippen LogP contribution in [0.3, 0.4) is 0 Å². The molecule has 3 heterocycles. The first-order valence-corrected chi connectivity index (χ1v) is 9.38. The minimum absolute atomic E-state index is 0. The molecule has 0 aliphatic carbocycles. The molecule has 124 valence electrons. The third-order valence-corrected chi connectivity index (χ3v) is 7.30. The van der Waals surface area contributed by atoms with Crippen LogP contribution < -0.4 is 0 Å². The van der Waals surface area contributed by atoms with E-state index in [1.807, 2.05) is 0 Å². The van der Waals surface area contributed by atoms with Crippen molar-refractivity contribution in [3.05, 3.63) is 0 Å². The Bertz CT molecular complexity index is 291. The first kappa shape index (κ1) is 17.6. The van der Waals surface area contributed by atoms with Gasteiger partial charge in [0.2, 0.25) is 0 Å². The summed E-state index contributed by atoms with van der Waals surface area (Å²) in [6.07, 6.45) is 11.9. The van der Waals surface area contributed by atoms with Gasteiger partial charge in [0.25, 0.3) is 0 Å². The van der Waals surface area contributed by atoms with Crippen LogP contribution in [0.15, 0.2) is 0 Å². The van der Waals surface area contributed by atoms with Crippen molar-refractivity contribution in [3.8, 4) is 0 Å². The van der Waals surface area contributed by atoms with E-state index in [4.69, 9.17) is 0 Å². The Morgan fingerprint density at radius 3 is 1.29 bits per heavy atom. The van der Waals surface area contributed by atoms with Crippen molar-refractivity contribution >= 4 is 12.4 Å². The molecule has 0 aromatic carbocycles. The number of quaternary nitrogens is 2. The number of piperazine rings is 1. The fourth-order valence-electron chi connectivity index (χ4n) is 5.42. The van der Waals surface area contributed by atoms with Crippen molar-refractivity contribution in [2.45, 2.75) is 77.3 Å². The molecular formula is C18H37ClN2+2. The molecule has 0 bridgehead atoms. The molecule has 2 atom stereocenters. The van der Waals surface area contributed by atoms with Crippen molar-refractivity contribution in [2.24, 2.45) is 0 Å². The molecule has 0 aromatic heterocycles. The molecule has 2 spiro atoms. The normalized spacial score (nSPS) is 44.9. The summed E-state index contributed by atoms with van der Waals surface area (Å²) in [6, 6.07) is 1.86. The number of halogens is 1. The van der Waals surface area contributed by atoms with Gasteiger partial charge in [-0.25, -0.2) is 0 Å². The largest absolute Gasteiger partial charge is 0.312 e. The summed E-state index contributed by atoms with van der Waals surface area (Å²) < 4.78 is 2.96. The van der Waals surface area contributed by atoms with Gasteiger partial charge in [0.1, 0.15) is 26.2 Å². The summed E-state index contributed by atoms with van der Waals surface area (Å²) in [5.74, 6) is 0. The monoisotopic (exact) mass is 316 g/mol. The highest BCUT2D eigenvalue weighted by Crippen LogP contribution is 2.33. The van der Waals surface area contributed by atoms with Crippen LogP contribution in [0.1, 0.15) is 65.2 Å². The molecule has 0 aromatic rings. The maximum absolute atomic E-state index is 2.55. The van der Waals surface area contributed by atoms with Gasteiger partial charge in [-0.3, -0.25) is 0 Å². The quantitative estimate of drug-likeness (QED) is 0.593. The van der Waals surface area contributed by atoms with Gasteiger partial charge in [-0.15, -0.1) is 12.4 Å². The van der Waals surface area contributed by atoms with Crippen LogP contribution in [0.25, 0.3) is 0 Å². The van der Waals surface area contributed by atoms with Crippen molar-refractivity contribution in [1.82, 2.24) is 0 Å². The van der Waals surface area contributed by atoms with E-state index >= 15 is 0 Å². The topological polar surface area (TPSA) is 0 Å². The zero-order chi connectivity index (χ0) is 14.1. The van der Waals surface area contributed by atoms with Crippen LogP contribution in [0.5, 0.6) is 0 Å². The molecule has 3 aliphatic heterocycles. The highest BCUT2D eigenvalue weighted by atomic mass is 35.5. The highest BCUT2D eigenvalue weighted by Gasteiger charge is 2.47. The maximum Gasteiger partial charge on any atom is 0.129 e. The molecule has 3 aliphatic rings. The van der Waals surface area contributed by atoms with Crippen LogP contribution >= 0.6 is 12.4 Å². The SMILES string of the molecule is CC1CCCCC[N+]12CC[N+]1(CCCCCC1C)CC2.Cl. The third-order valence-electron chi connectivity index (χ3n) is 7.30. The van der Waals surface area contributed by atoms with E-state index in [1.165, 1.54) is 99.6 Å². The fourth-order valence-corrected chi connectivity index (χ4v) is 5.42. The van der Waals surface area contributed by atoms with Crippen LogP contribution in [0.2, 0.25) is 0 Å². The molecule has 3 rings (SSSR count). The van der Waals surface area contributed by atoms with Crippen molar-refractivity contribution in [3.63, 3.8) is 0 Å². The van der Waals surface area contributed by atoms with Gasteiger partial charge < -0.3 is 8.97 Å². The minimum atomic E-state index is 0. The van der Waals surface area contributed by atoms with Gasteiger partial charge >= 0.3 is 0 Å². The molecule has 0 saturated carbocycles. The lowest BCUT2D eigenvalue weighted by atomic mass is 10.0. The average molecular weight is 317 g/mol. The number of rotatable bonds is 0. The first-order chi connectivity index (χ1) is 9.67. The van der Waals surface area contributed by atoms with Crippen LogP contribution in [0, 0.1) is 0 Å². The number of hydrogen-bond donors (Lipinski definition) is 0. The molecule has 3 saturated heterocycles. The molecule has 21 heavy (non-hydrogen) atoms. The highest BCUT2D eigenvalue weighted by molar-refractivity contribution is 5.85. The Labute approximate surface area is 138 Å². The maximum atomic E-state index is 2.55. The summed E-state index contributed by atoms with van der Waals surface area (Å²) >= 11 is 0. The van der Waals surface area contributed by atoms with Gasteiger partial charge in [-0.1, -0.05) is 0 Å². The zero-order valence-electron chi connectivity index (χ0n) is 14.4. The Hall–Kier alpha value is 0.210. The predicted molar refractivity (Wildman–Crippen MR) is 92.8 cm³/mol. The Kier molecular flexibility index (Phi) is 6.01. The van der Waals surface area contributed by atoms with E-state index in [0.717, 1.165) is 12.1 Å². The summed E-state index contributed by atoms with van der Waals surface area (Å²) in [5.41, 5.74) is 0. The second kappa shape index (κ2) is 7.19. The van der Waals surface area contributed by atoms with E-state index in [2.05, 4.69) is 13.8 Å². The molecule has 3 heteroatoms. The van der Waals surface area contributed by atoms with E-state index in [1.54, 1.807) is 0 Å². The fraction of sp³-hybridized carbons (Fsp3) is 1.00. The lowest BCUT2D eigenvalue weighted by Crippen LogP contribution is -2.71. The standard InChI is InChI=1S/C18H36N2.ClH/c1-17-9-5-3-7-11-19(17)13-15-20(16-14-19)12-8-4-6-10-18(20)2;/h17-18H,3-16H2,1-2H3;1H/q+2;. The predicted octanol–water partition coefficient (Wildman–Crippen LogP) is 3.98. The zero-order valence-corrected chi connectivity index (χ0v) is 15.2.